The molecule has 2 unspecified atom stereocenters. The van der Waals surface area contributed by atoms with Gasteiger partial charge in [-0.15, -0.1) is 0 Å². The molecule has 3 N–H and O–H groups in total. The van der Waals surface area contributed by atoms with Gasteiger partial charge in [0.1, 0.15) is 6.54 Å². The van der Waals surface area contributed by atoms with Crippen molar-refractivity contribution < 1.29 is 14.3 Å². The predicted octanol–water partition coefficient (Wildman–Crippen LogP) is 0.368. The molecule has 0 saturated carbocycles. The Kier molecular flexibility index (Phi) is 5.50. The van der Waals surface area contributed by atoms with Gasteiger partial charge in [0, 0.05) is 12.3 Å². The van der Waals surface area contributed by atoms with Gasteiger partial charge in [0.25, 0.3) is 0 Å². The zero-order chi connectivity index (χ0) is 14.4. The van der Waals surface area contributed by atoms with Crippen molar-refractivity contribution in [1.29, 1.82) is 0 Å². The number of nitrogens with two attached hydrogens (primary N) is 1. The van der Waals surface area contributed by atoms with E-state index in [1.165, 1.54) is 11.8 Å². The fourth-order valence-corrected chi connectivity index (χ4v) is 1.44. The molecular formula is C12H20N4O3. The van der Waals surface area contributed by atoms with Gasteiger partial charge in [0.2, 0.25) is 5.91 Å². The maximum atomic E-state index is 11.8. The van der Waals surface area contributed by atoms with Gasteiger partial charge in [0.15, 0.2) is 5.82 Å². The highest BCUT2D eigenvalue weighted by Gasteiger charge is 2.20. The number of methoxy groups -OCH3 is 1. The largest absolute Gasteiger partial charge is 0.468 e. The topological polar surface area (TPSA) is 99.2 Å². The maximum Gasteiger partial charge on any atom is 0.327 e. The highest BCUT2D eigenvalue weighted by molar-refractivity contribution is 5.94. The zero-order valence-electron chi connectivity index (χ0n) is 11.4. The van der Waals surface area contributed by atoms with E-state index in [0.29, 0.717) is 5.82 Å². The van der Waals surface area contributed by atoms with Crippen molar-refractivity contribution in [2.45, 2.75) is 32.9 Å². The van der Waals surface area contributed by atoms with E-state index < -0.39 is 12.0 Å². The maximum absolute atomic E-state index is 11.8. The highest BCUT2D eigenvalue weighted by Crippen LogP contribution is 2.09. The quantitative estimate of drug-likeness (QED) is 0.726. The number of aromatic nitrogens is 2. The average Bonchev–Trinajstić information content (AvgIpc) is 2.83. The Labute approximate surface area is 112 Å². The van der Waals surface area contributed by atoms with Gasteiger partial charge in [-0.05, 0) is 5.92 Å². The lowest BCUT2D eigenvalue weighted by molar-refractivity contribution is -0.141. The van der Waals surface area contributed by atoms with Crippen molar-refractivity contribution in [3.8, 4) is 0 Å². The van der Waals surface area contributed by atoms with Crippen molar-refractivity contribution in [2.75, 3.05) is 12.4 Å². The van der Waals surface area contributed by atoms with Crippen molar-refractivity contribution in [1.82, 2.24) is 9.78 Å². The third-order valence-corrected chi connectivity index (χ3v) is 2.97. The number of esters is 1. The van der Waals surface area contributed by atoms with Crippen LogP contribution in [0.1, 0.15) is 20.3 Å². The third-order valence-electron chi connectivity index (χ3n) is 2.97. The summed E-state index contributed by atoms with van der Waals surface area (Å²) >= 11 is 0. The number of nitrogens with one attached hydrogen (secondary N) is 1. The van der Waals surface area contributed by atoms with Crippen LogP contribution in [0.25, 0.3) is 0 Å². The summed E-state index contributed by atoms with van der Waals surface area (Å²) in [6.07, 6.45) is 2.41. The van der Waals surface area contributed by atoms with Crippen molar-refractivity contribution in [3.05, 3.63) is 12.3 Å². The Morgan fingerprint density at radius 1 is 1.58 bits per heavy atom. The second-order valence-corrected chi connectivity index (χ2v) is 4.38. The van der Waals surface area contributed by atoms with Gasteiger partial charge < -0.3 is 15.8 Å². The van der Waals surface area contributed by atoms with E-state index in [9.17, 15) is 9.59 Å². The van der Waals surface area contributed by atoms with Gasteiger partial charge >= 0.3 is 5.97 Å². The fraction of sp³-hybridized carbons (Fsp3) is 0.583. The summed E-state index contributed by atoms with van der Waals surface area (Å²) in [5.41, 5.74) is 5.81. The highest BCUT2D eigenvalue weighted by atomic mass is 16.5. The number of carbonyl (C=O) groups is 2. The first kappa shape index (κ1) is 15.2. The number of anilines is 1. The Balaban J connectivity index is 2.58. The molecule has 0 bridgehead atoms. The van der Waals surface area contributed by atoms with Crippen LogP contribution < -0.4 is 11.1 Å². The van der Waals surface area contributed by atoms with Crippen LogP contribution in [0, 0.1) is 5.92 Å². The van der Waals surface area contributed by atoms with Crippen LogP contribution in [0.4, 0.5) is 5.82 Å². The lowest BCUT2D eigenvalue weighted by atomic mass is 9.99. The minimum atomic E-state index is -0.573. The Morgan fingerprint density at radius 3 is 2.84 bits per heavy atom. The molecule has 1 rings (SSSR count). The van der Waals surface area contributed by atoms with Gasteiger partial charge in [-0.25, -0.2) is 0 Å². The lowest BCUT2D eigenvalue weighted by Crippen LogP contribution is -2.40. The van der Waals surface area contributed by atoms with Crippen LogP contribution in [-0.4, -0.2) is 34.8 Å². The lowest BCUT2D eigenvalue weighted by Gasteiger charge is -2.16. The summed E-state index contributed by atoms with van der Waals surface area (Å²) in [6, 6.07) is 1.03. The van der Waals surface area contributed by atoms with E-state index in [1.807, 2.05) is 13.8 Å². The van der Waals surface area contributed by atoms with E-state index in [1.54, 1.807) is 12.3 Å². The Hall–Kier alpha value is -1.89. The molecule has 1 aromatic heterocycles. The smallest absolute Gasteiger partial charge is 0.327 e. The van der Waals surface area contributed by atoms with Gasteiger partial charge in [-0.3, -0.25) is 14.3 Å². The Morgan fingerprint density at radius 2 is 2.26 bits per heavy atom. The molecule has 0 aromatic carbocycles. The van der Waals surface area contributed by atoms with E-state index in [4.69, 9.17) is 5.73 Å². The third kappa shape index (κ3) is 4.36. The molecule has 0 radical (unpaired) electrons. The molecule has 106 valence electrons. The van der Waals surface area contributed by atoms with E-state index >= 15 is 0 Å². The standard InChI is InChI=1S/C12H20N4O3/c1-4-8(2)11(13)12(18)14-9-5-6-16(15-9)7-10(17)19-3/h5-6,8,11H,4,7,13H2,1-3H3,(H,14,15,18). The molecule has 7 heteroatoms. The minimum absolute atomic E-state index is 0.00376. The molecule has 1 heterocycles. The van der Waals surface area contributed by atoms with E-state index in [2.05, 4.69) is 15.2 Å². The summed E-state index contributed by atoms with van der Waals surface area (Å²) < 4.78 is 5.91. The SMILES string of the molecule is CCC(C)C(N)C(=O)Nc1ccn(CC(=O)OC)n1. The van der Waals surface area contributed by atoms with Gasteiger partial charge in [-0.1, -0.05) is 20.3 Å². The number of nitrogens with zero attached hydrogens (tertiary/aromatic N) is 2. The van der Waals surface area contributed by atoms with Gasteiger partial charge in [0.05, 0.1) is 13.2 Å². The summed E-state index contributed by atoms with van der Waals surface area (Å²) in [5, 5.41) is 6.65. The monoisotopic (exact) mass is 268 g/mol. The van der Waals surface area contributed by atoms with E-state index in [0.717, 1.165) is 6.42 Å². The van der Waals surface area contributed by atoms with Crippen LogP contribution >= 0.6 is 0 Å². The summed E-state index contributed by atoms with van der Waals surface area (Å²) in [7, 11) is 1.31. The van der Waals surface area contributed by atoms with Crippen molar-refractivity contribution in [2.24, 2.45) is 11.7 Å². The van der Waals surface area contributed by atoms with Crippen LogP contribution in [0.5, 0.6) is 0 Å². The molecule has 0 aliphatic rings. The van der Waals surface area contributed by atoms with Crippen LogP contribution in [0.3, 0.4) is 0 Å². The van der Waals surface area contributed by atoms with Crippen LogP contribution in [0.15, 0.2) is 12.3 Å². The molecule has 0 saturated heterocycles. The molecular weight excluding hydrogens is 248 g/mol. The zero-order valence-corrected chi connectivity index (χ0v) is 11.4. The summed E-state index contributed by atoms with van der Waals surface area (Å²) in [6.45, 7) is 3.90. The second-order valence-electron chi connectivity index (χ2n) is 4.38. The molecule has 2 atom stereocenters. The number of amides is 1. The molecule has 7 nitrogen and oxygen atoms in total. The molecule has 1 aromatic rings. The minimum Gasteiger partial charge on any atom is -0.468 e. The molecule has 1 amide bonds. The molecule has 0 fully saturated rings. The average molecular weight is 268 g/mol. The summed E-state index contributed by atoms with van der Waals surface area (Å²) in [5.74, 6) is -0.222. The van der Waals surface area contributed by atoms with Gasteiger partial charge in [-0.2, -0.15) is 5.10 Å². The number of hydrogen-bond donors (Lipinski definition) is 2. The first-order valence-corrected chi connectivity index (χ1v) is 6.14. The van der Waals surface area contributed by atoms with Crippen LogP contribution in [0.2, 0.25) is 0 Å². The number of rotatable bonds is 6. The fourth-order valence-electron chi connectivity index (χ4n) is 1.44. The normalized spacial score (nSPS) is 13.7. The second kappa shape index (κ2) is 6.89. The molecule has 0 spiro atoms. The Bertz CT molecular complexity index is 444. The molecule has 19 heavy (non-hydrogen) atoms. The van der Waals surface area contributed by atoms with Crippen molar-refractivity contribution >= 4 is 17.7 Å². The molecule has 0 aliphatic heterocycles. The van der Waals surface area contributed by atoms with Crippen molar-refractivity contribution in [3.63, 3.8) is 0 Å². The number of carbonyl (C=O) groups excluding carboxylic acids is 2. The van der Waals surface area contributed by atoms with Crippen LogP contribution in [-0.2, 0) is 20.9 Å². The summed E-state index contributed by atoms with van der Waals surface area (Å²) in [4.78, 5) is 22.9. The first-order chi connectivity index (χ1) is 8.97. The number of ether oxygens (including phenoxy) is 1. The predicted molar refractivity (Wildman–Crippen MR) is 70.3 cm³/mol. The number of hydrogen-bond acceptors (Lipinski definition) is 5. The van der Waals surface area contributed by atoms with E-state index in [-0.39, 0.29) is 18.4 Å². The molecule has 0 aliphatic carbocycles. The first-order valence-electron chi connectivity index (χ1n) is 6.14.